The van der Waals surface area contributed by atoms with Crippen molar-refractivity contribution < 1.29 is 0 Å². The fraction of sp³-hybridized carbons (Fsp3) is 0.0294. The monoisotopic (exact) mass is 918 g/mol. The zero-order valence-electron chi connectivity index (χ0n) is 39.9. The quantitative estimate of drug-likeness (QED) is 0.158. The van der Waals surface area contributed by atoms with Gasteiger partial charge in [-0.2, -0.15) is 0 Å². The maximum absolute atomic E-state index is 2.50. The smallest absolute Gasteiger partial charge is 0.0788 e. The van der Waals surface area contributed by atoms with Crippen LogP contribution in [0.3, 0.4) is 0 Å². The minimum atomic E-state index is 1.15. The lowest BCUT2D eigenvalue weighted by atomic mass is 9.98. The van der Waals surface area contributed by atoms with E-state index in [1.807, 2.05) is 0 Å². The Balaban J connectivity index is 0.907. The van der Waals surface area contributed by atoms with Crippen molar-refractivity contribution in [2.75, 3.05) is 0 Å². The summed E-state index contributed by atoms with van der Waals surface area (Å²) >= 11 is 0. The van der Waals surface area contributed by atoms with Gasteiger partial charge in [-0.15, -0.1) is 0 Å². The maximum atomic E-state index is 2.50. The second-order valence-electron chi connectivity index (χ2n) is 19.4. The second-order valence-corrected chi connectivity index (χ2v) is 19.4. The number of nitrogens with zero attached hydrogens (tertiary/aromatic N) is 4. The summed E-state index contributed by atoms with van der Waals surface area (Å²) in [5.41, 5.74) is 21.5. The van der Waals surface area contributed by atoms with Crippen LogP contribution in [0.1, 0.15) is 11.1 Å². The molecule has 72 heavy (non-hydrogen) atoms. The minimum absolute atomic E-state index is 1.15. The lowest BCUT2D eigenvalue weighted by molar-refractivity contribution is 1.14. The van der Waals surface area contributed by atoms with Crippen molar-refractivity contribution in [3.05, 3.63) is 254 Å². The van der Waals surface area contributed by atoms with Gasteiger partial charge in [0.2, 0.25) is 0 Å². The van der Waals surface area contributed by atoms with Crippen molar-refractivity contribution >= 4 is 87.2 Å². The number of aryl methyl sites for hydroxylation is 2. The van der Waals surface area contributed by atoms with Crippen molar-refractivity contribution in [3.63, 3.8) is 0 Å². The summed E-state index contributed by atoms with van der Waals surface area (Å²) in [6.45, 7) is 4.45. The number of rotatable bonds is 6. The van der Waals surface area contributed by atoms with E-state index >= 15 is 0 Å². The van der Waals surface area contributed by atoms with E-state index in [1.165, 1.54) is 121 Å². The number of hydrogen-bond acceptors (Lipinski definition) is 0. The van der Waals surface area contributed by atoms with E-state index in [2.05, 4.69) is 275 Å². The van der Waals surface area contributed by atoms with Crippen molar-refractivity contribution in [3.8, 4) is 45.0 Å². The van der Waals surface area contributed by atoms with Crippen LogP contribution in [-0.2, 0) is 0 Å². The van der Waals surface area contributed by atoms with Crippen LogP contribution < -0.4 is 0 Å². The van der Waals surface area contributed by atoms with Crippen LogP contribution in [0, 0.1) is 13.8 Å². The Bertz CT molecular complexity index is 4680. The molecule has 4 aromatic heterocycles. The van der Waals surface area contributed by atoms with Gasteiger partial charge in [-0.1, -0.05) is 152 Å². The third-order valence-corrected chi connectivity index (χ3v) is 15.3. The highest BCUT2D eigenvalue weighted by Crippen LogP contribution is 2.45. The van der Waals surface area contributed by atoms with Crippen LogP contribution in [0.2, 0.25) is 0 Å². The molecule has 0 N–H and O–H groups in total. The van der Waals surface area contributed by atoms with Crippen molar-refractivity contribution in [2.24, 2.45) is 0 Å². The Kier molecular flexibility index (Phi) is 8.75. The van der Waals surface area contributed by atoms with Gasteiger partial charge in [0.25, 0.3) is 0 Å². The first-order valence-corrected chi connectivity index (χ1v) is 24.9. The number of para-hydroxylation sites is 4. The molecule has 15 rings (SSSR count). The lowest BCUT2D eigenvalue weighted by Crippen LogP contribution is -1.98. The summed E-state index contributed by atoms with van der Waals surface area (Å²) in [4.78, 5) is 0. The second kappa shape index (κ2) is 15.6. The Morgan fingerprint density at radius 1 is 0.250 bits per heavy atom. The molecule has 0 aliphatic heterocycles. The van der Waals surface area contributed by atoms with Crippen LogP contribution in [0.25, 0.3) is 132 Å². The van der Waals surface area contributed by atoms with Gasteiger partial charge < -0.3 is 18.3 Å². The number of fused-ring (bicyclic) bond motifs is 14. The summed E-state index contributed by atoms with van der Waals surface area (Å²) in [6, 6.07) is 89.5. The predicted octanol–water partition coefficient (Wildman–Crippen LogP) is 18.0. The normalized spacial score (nSPS) is 12.0. The number of aromatic nitrogens is 4. The highest BCUT2D eigenvalue weighted by molar-refractivity contribution is 6.29. The van der Waals surface area contributed by atoms with E-state index < -0.39 is 0 Å². The Labute approximate surface area is 416 Å². The summed E-state index contributed by atoms with van der Waals surface area (Å²) in [5, 5.41) is 10.0. The molecule has 0 saturated heterocycles. The van der Waals surface area contributed by atoms with Crippen molar-refractivity contribution in [1.29, 1.82) is 0 Å². The van der Waals surface area contributed by atoms with Gasteiger partial charge in [0.1, 0.15) is 0 Å². The average molecular weight is 919 g/mol. The largest absolute Gasteiger partial charge is 0.309 e. The SMILES string of the molecule is Cc1cccc(-n2c3ccc(-c4ccc(-n5c6ccccc6c6c7c8ccccc8n(-c8ccc(-c9ccccc9)cc8)c7ccc65)cc4C)cc3c3ccc4c5ccccc5n(-c5ccccc5)c4c32)c1. The molecule has 0 amide bonds. The fourth-order valence-corrected chi connectivity index (χ4v) is 12.2. The van der Waals surface area contributed by atoms with Gasteiger partial charge in [0.15, 0.2) is 0 Å². The molecule has 0 spiro atoms. The van der Waals surface area contributed by atoms with E-state index in [9.17, 15) is 0 Å². The van der Waals surface area contributed by atoms with E-state index in [4.69, 9.17) is 0 Å². The van der Waals surface area contributed by atoms with Crippen molar-refractivity contribution in [1.82, 2.24) is 18.3 Å². The molecule has 0 bridgehead atoms. The van der Waals surface area contributed by atoms with E-state index in [0.29, 0.717) is 0 Å². The summed E-state index contributed by atoms with van der Waals surface area (Å²) in [7, 11) is 0. The zero-order chi connectivity index (χ0) is 47.6. The molecule has 0 atom stereocenters. The molecule has 0 fully saturated rings. The first-order valence-electron chi connectivity index (χ1n) is 24.9. The number of benzene rings is 11. The van der Waals surface area contributed by atoms with Crippen molar-refractivity contribution in [2.45, 2.75) is 13.8 Å². The third kappa shape index (κ3) is 5.87. The van der Waals surface area contributed by atoms with E-state index in [1.54, 1.807) is 0 Å². The minimum Gasteiger partial charge on any atom is -0.309 e. The molecule has 11 aromatic carbocycles. The Morgan fingerprint density at radius 3 is 1.36 bits per heavy atom. The summed E-state index contributed by atoms with van der Waals surface area (Å²) in [6.07, 6.45) is 0. The molecule has 4 heterocycles. The molecule has 4 heteroatoms. The molecule has 338 valence electrons. The highest BCUT2D eigenvalue weighted by Gasteiger charge is 2.24. The fourth-order valence-electron chi connectivity index (χ4n) is 12.2. The average Bonchev–Trinajstić information content (AvgIpc) is 4.16. The summed E-state index contributed by atoms with van der Waals surface area (Å²) < 4.78 is 9.86. The van der Waals surface area contributed by atoms with Gasteiger partial charge >= 0.3 is 0 Å². The topological polar surface area (TPSA) is 19.7 Å². The zero-order valence-corrected chi connectivity index (χ0v) is 39.9. The van der Waals surface area contributed by atoms with Crippen LogP contribution in [-0.4, -0.2) is 18.3 Å². The first-order chi connectivity index (χ1) is 35.6. The molecular weight excluding hydrogens is 873 g/mol. The van der Waals surface area contributed by atoms with Gasteiger partial charge in [0.05, 0.1) is 44.1 Å². The Hall–Kier alpha value is -9.38. The number of hydrogen-bond donors (Lipinski definition) is 0. The highest BCUT2D eigenvalue weighted by atomic mass is 15.0. The molecule has 15 aromatic rings. The van der Waals surface area contributed by atoms with Gasteiger partial charge in [-0.25, -0.2) is 0 Å². The van der Waals surface area contributed by atoms with Crippen LogP contribution >= 0.6 is 0 Å². The predicted molar refractivity (Wildman–Crippen MR) is 304 cm³/mol. The van der Waals surface area contributed by atoms with Crippen LogP contribution in [0.15, 0.2) is 243 Å². The summed E-state index contributed by atoms with van der Waals surface area (Å²) in [5.74, 6) is 0. The molecule has 4 nitrogen and oxygen atoms in total. The molecule has 0 saturated carbocycles. The van der Waals surface area contributed by atoms with E-state index in [-0.39, 0.29) is 0 Å². The molecular formula is C68H46N4. The molecule has 0 aliphatic carbocycles. The van der Waals surface area contributed by atoms with Gasteiger partial charge in [-0.3, -0.25) is 0 Å². The van der Waals surface area contributed by atoms with E-state index in [0.717, 1.165) is 22.7 Å². The van der Waals surface area contributed by atoms with Gasteiger partial charge in [0, 0.05) is 65.8 Å². The van der Waals surface area contributed by atoms with Crippen LogP contribution in [0.4, 0.5) is 0 Å². The molecule has 0 radical (unpaired) electrons. The van der Waals surface area contributed by atoms with Crippen LogP contribution in [0.5, 0.6) is 0 Å². The Morgan fingerprint density at radius 2 is 0.708 bits per heavy atom. The van der Waals surface area contributed by atoms with Gasteiger partial charge in [-0.05, 0) is 138 Å². The third-order valence-electron chi connectivity index (χ3n) is 15.3. The lowest BCUT2D eigenvalue weighted by Gasteiger charge is -2.14. The molecule has 0 unspecified atom stereocenters. The standard InChI is InChI=1S/C68H46N4/c1-43-16-15-21-50(40-43)72-62-37-30-47(42-58(62)55-36-35-54-53-22-9-12-25-59(53)71(67(54)68(55)72)48-19-7-4-8-20-48)52-34-33-51(41-44(52)2)70-61-27-14-11-24-57(61)66-64(70)39-38-63-65(66)56-23-10-13-26-60(56)69(63)49-31-28-46(29-32-49)45-17-5-3-6-18-45/h3-42H,1-2H3. The maximum Gasteiger partial charge on any atom is 0.0788 e. The molecule has 0 aliphatic rings. The first kappa shape index (κ1) is 40.5.